The molecule has 4 heterocycles. The van der Waals surface area contributed by atoms with Crippen LogP contribution in [-0.4, -0.2) is 49.9 Å². The Balaban J connectivity index is 1.37. The molecule has 9 heteroatoms. The smallest absolute Gasteiger partial charge is 0.349 e. The lowest BCUT2D eigenvalue weighted by Crippen LogP contribution is -2.46. The maximum atomic E-state index is 13.1. The van der Waals surface area contributed by atoms with E-state index in [9.17, 15) is 13.2 Å². The zero-order valence-corrected chi connectivity index (χ0v) is 14.3. The number of fused-ring (bicyclic) bond motifs is 3. The van der Waals surface area contributed by atoms with Crippen LogP contribution in [0.4, 0.5) is 19.0 Å². The van der Waals surface area contributed by atoms with Gasteiger partial charge in [-0.15, -0.1) is 15.3 Å². The van der Waals surface area contributed by atoms with Crippen LogP contribution in [0.2, 0.25) is 0 Å². The van der Waals surface area contributed by atoms with Gasteiger partial charge in [0.2, 0.25) is 0 Å². The minimum Gasteiger partial charge on any atom is -0.349 e. The van der Waals surface area contributed by atoms with Gasteiger partial charge in [-0.2, -0.15) is 17.7 Å². The minimum absolute atomic E-state index is 0.0983. The van der Waals surface area contributed by atoms with Gasteiger partial charge in [-0.3, -0.25) is 4.90 Å². The van der Waals surface area contributed by atoms with Gasteiger partial charge in [-0.25, -0.2) is 0 Å². The van der Waals surface area contributed by atoms with Gasteiger partial charge in [-0.05, 0) is 24.1 Å². The number of hydrogen-bond donors (Lipinski definition) is 0. The molecule has 27 heavy (non-hydrogen) atoms. The van der Waals surface area contributed by atoms with Crippen molar-refractivity contribution in [3.63, 3.8) is 0 Å². The molecule has 2 aromatic heterocycles. The van der Waals surface area contributed by atoms with E-state index in [2.05, 4.69) is 37.2 Å². The zero-order valence-electron chi connectivity index (χ0n) is 14.3. The van der Waals surface area contributed by atoms with Crippen LogP contribution in [0.5, 0.6) is 0 Å². The zero-order chi connectivity index (χ0) is 18.6. The second kappa shape index (κ2) is 5.91. The molecule has 2 bridgehead atoms. The van der Waals surface area contributed by atoms with Crippen LogP contribution in [0.3, 0.4) is 0 Å². The number of piperazine rings is 1. The highest BCUT2D eigenvalue weighted by molar-refractivity contribution is 5.48. The van der Waals surface area contributed by atoms with Crippen molar-refractivity contribution in [1.29, 1.82) is 0 Å². The lowest BCUT2D eigenvalue weighted by Gasteiger charge is -2.34. The Morgan fingerprint density at radius 2 is 1.78 bits per heavy atom. The van der Waals surface area contributed by atoms with Crippen molar-refractivity contribution in [2.24, 2.45) is 0 Å². The second-order valence-electron chi connectivity index (χ2n) is 7.09. The van der Waals surface area contributed by atoms with Crippen LogP contribution in [0.25, 0.3) is 5.65 Å². The number of rotatable bonds is 3. The summed E-state index contributed by atoms with van der Waals surface area (Å²) in [6, 6.07) is 14.2. The molecule has 0 saturated carbocycles. The van der Waals surface area contributed by atoms with E-state index in [1.165, 1.54) is 11.6 Å². The third kappa shape index (κ3) is 2.82. The first kappa shape index (κ1) is 16.5. The standard InChI is InChI=1S/C18H17F3N6/c19-18(20,21)17-23-22-15-6-7-16(24-27(15)17)26-11-13-8-14(26)10-25(13)9-12-4-2-1-3-5-12/h1-7,13-14H,8-11H2. The number of hydrogen-bond acceptors (Lipinski definition) is 5. The van der Waals surface area contributed by atoms with Gasteiger partial charge in [0, 0.05) is 31.7 Å². The molecular weight excluding hydrogens is 357 g/mol. The van der Waals surface area contributed by atoms with Gasteiger partial charge in [0.1, 0.15) is 5.82 Å². The fourth-order valence-corrected chi connectivity index (χ4v) is 4.15. The average Bonchev–Trinajstić information content (AvgIpc) is 3.34. The molecule has 0 N–H and O–H groups in total. The van der Waals surface area contributed by atoms with Crippen LogP contribution in [0, 0.1) is 0 Å². The van der Waals surface area contributed by atoms with Crippen molar-refractivity contribution in [2.75, 3.05) is 18.0 Å². The number of alkyl halides is 3. The summed E-state index contributed by atoms with van der Waals surface area (Å²) in [4.78, 5) is 4.54. The molecule has 3 aromatic rings. The van der Waals surface area contributed by atoms with Crippen molar-refractivity contribution in [2.45, 2.75) is 31.2 Å². The van der Waals surface area contributed by atoms with Gasteiger partial charge in [0.15, 0.2) is 5.65 Å². The van der Waals surface area contributed by atoms with Crippen molar-refractivity contribution < 1.29 is 13.2 Å². The van der Waals surface area contributed by atoms with Gasteiger partial charge >= 0.3 is 6.18 Å². The minimum atomic E-state index is -4.58. The van der Waals surface area contributed by atoms with E-state index in [1.807, 2.05) is 18.2 Å². The maximum Gasteiger partial charge on any atom is 0.453 e. The monoisotopic (exact) mass is 374 g/mol. The summed E-state index contributed by atoms with van der Waals surface area (Å²) in [5, 5.41) is 11.0. The molecule has 2 atom stereocenters. The molecule has 0 spiro atoms. The first-order chi connectivity index (χ1) is 13.0. The highest BCUT2D eigenvalue weighted by Crippen LogP contribution is 2.35. The molecule has 2 aliphatic rings. The molecule has 0 aliphatic carbocycles. The largest absolute Gasteiger partial charge is 0.453 e. The number of halogens is 3. The summed E-state index contributed by atoms with van der Waals surface area (Å²) in [6.07, 6.45) is -3.58. The molecule has 0 amide bonds. The lowest BCUT2D eigenvalue weighted by molar-refractivity contribution is -0.146. The third-order valence-corrected chi connectivity index (χ3v) is 5.38. The number of likely N-dealkylation sites (tertiary alicyclic amines) is 1. The number of benzene rings is 1. The average molecular weight is 374 g/mol. The summed E-state index contributed by atoms with van der Waals surface area (Å²) in [5.74, 6) is -0.547. The van der Waals surface area contributed by atoms with E-state index < -0.39 is 12.0 Å². The Morgan fingerprint density at radius 1 is 0.963 bits per heavy atom. The molecule has 140 valence electrons. The molecule has 5 rings (SSSR count). The summed E-state index contributed by atoms with van der Waals surface area (Å²) in [6.45, 7) is 2.54. The number of anilines is 1. The Kier molecular flexibility index (Phi) is 3.61. The van der Waals surface area contributed by atoms with E-state index >= 15 is 0 Å². The summed E-state index contributed by atoms with van der Waals surface area (Å²) in [7, 11) is 0. The van der Waals surface area contributed by atoms with Crippen molar-refractivity contribution in [3.05, 3.63) is 53.9 Å². The maximum absolute atomic E-state index is 13.1. The molecule has 2 fully saturated rings. The Morgan fingerprint density at radius 3 is 2.48 bits per heavy atom. The Hall–Kier alpha value is -2.68. The fraction of sp³-hybridized carbons (Fsp3) is 0.389. The predicted octanol–water partition coefficient (Wildman–Crippen LogP) is 2.61. The molecule has 2 aliphatic heterocycles. The van der Waals surface area contributed by atoms with Gasteiger partial charge < -0.3 is 4.90 Å². The molecule has 2 saturated heterocycles. The molecule has 1 aromatic carbocycles. The van der Waals surface area contributed by atoms with Crippen LogP contribution >= 0.6 is 0 Å². The van der Waals surface area contributed by atoms with Crippen molar-refractivity contribution in [1.82, 2.24) is 24.7 Å². The third-order valence-electron chi connectivity index (χ3n) is 5.38. The molecule has 0 radical (unpaired) electrons. The van der Waals surface area contributed by atoms with Crippen LogP contribution in [0.1, 0.15) is 17.8 Å². The lowest BCUT2D eigenvalue weighted by atomic mass is 10.2. The Bertz CT molecular complexity index is 970. The van der Waals surface area contributed by atoms with Gasteiger partial charge in [-0.1, -0.05) is 30.3 Å². The normalized spacial score (nSPS) is 22.9. The van der Waals surface area contributed by atoms with E-state index in [1.54, 1.807) is 6.07 Å². The summed E-state index contributed by atoms with van der Waals surface area (Å²) >= 11 is 0. The highest BCUT2D eigenvalue weighted by Gasteiger charge is 2.44. The van der Waals surface area contributed by atoms with E-state index in [0.717, 1.165) is 30.6 Å². The van der Waals surface area contributed by atoms with Crippen molar-refractivity contribution in [3.8, 4) is 0 Å². The van der Waals surface area contributed by atoms with Gasteiger partial charge in [0.25, 0.3) is 5.82 Å². The number of nitrogens with zero attached hydrogens (tertiary/aromatic N) is 6. The fourth-order valence-electron chi connectivity index (χ4n) is 4.15. The second-order valence-corrected chi connectivity index (χ2v) is 7.09. The Labute approximate surface area is 153 Å². The highest BCUT2D eigenvalue weighted by atomic mass is 19.4. The molecule has 2 unspecified atom stereocenters. The topological polar surface area (TPSA) is 49.6 Å². The summed E-state index contributed by atoms with van der Waals surface area (Å²) in [5.41, 5.74) is 1.37. The first-order valence-corrected chi connectivity index (χ1v) is 8.83. The van der Waals surface area contributed by atoms with E-state index in [-0.39, 0.29) is 11.7 Å². The quantitative estimate of drug-likeness (QED) is 0.705. The number of aromatic nitrogens is 4. The van der Waals surface area contributed by atoms with Crippen molar-refractivity contribution >= 4 is 11.5 Å². The van der Waals surface area contributed by atoms with E-state index in [4.69, 9.17) is 0 Å². The molecule has 6 nitrogen and oxygen atoms in total. The first-order valence-electron chi connectivity index (χ1n) is 8.83. The van der Waals surface area contributed by atoms with Crippen LogP contribution in [0.15, 0.2) is 42.5 Å². The molecular formula is C18H17F3N6. The predicted molar refractivity (Wildman–Crippen MR) is 92.2 cm³/mol. The van der Waals surface area contributed by atoms with E-state index in [0.29, 0.717) is 11.9 Å². The van der Waals surface area contributed by atoms with Crippen LogP contribution < -0.4 is 4.90 Å². The van der Waals surface area contributed by atoms with Gasteiger partial charge in [0.05, 0.1) is 0 Å². The SMILES string of the molecule is FC(F)(F)c1nnc2ccc(N3CC4CC3CN4Cc3ccccc3)nn12. The summed E-state index contributed by atoms with van der Waals surface area (Å²) < 4.78 is 40.0. The van der Waals surface area contributed by atoms with Crippen LogP contribution in [-0.2, 0) is 12.7 Å².